The first-order valence-corrected chi connectivity index (χ1v) is 11.8. The first-order valence-electron chi connectivity index (χ1n) is 10.8. The lowest BCUT2D eigenvalue weighted by Gasteiger charge is -2.21. The van der Waals surface area contributed by atoms with E-state index in [0.717, 1.165) is 10.5 Å². The summed E-state index contributed by atoms with van der Waals surface area (Å²) in [5.41, 5.74) is 1.65. The van der Waals surface area contributed by atoms with E-state index in [1.54, 1.807) is 37.8 Å². The van der Waals surface area contributed by atoms with Gasteiger partial charge in [-0.3, -0.25) is 14.4 Å². The van der Waals surface area contributed by atoms with Crippen LogP contribution >= 0.6 is 11.8 Å². The second-order valence-corrected chi connectivity index (χ2v) is 9.23. The first-order chi connectivity index (χ1) is 16.3. The molecule has 10 nitrogen and oxygen atoms in total. The Balaban J connectivity index is 1.44. The lowest BCUT2D eigenvalue weighted by molar-refractivity contribution is -0.120. The van der Waals surface area contributed by atoms with Crippen LogP contribution < -0.4 is 15.5 Å². The number of pyridine rings is 1. The molecule has 1 atom stereocenters. The van der Waals surface area contributed by atoms with E-state index in [1.807, 2.05) is 30.3 Å². The van der Waals surface area contributed by atoms with E-state index in [9.17, 15) is 14.4 Å². The molecule has 176 valence electrons. The fourth-order valence-corrected chi connectivity index (χ4v) is 4.36. The molecule has 0 spiro atoms. The summed E-state index contributed by atoms with van der Waals surface area (Å²) in [6, 6.07) is 10.6. The van der Waals surface area contributed by atoms with Crippen molar-refractivity contribution in [2.75, 3.05) is 23.0 Å². The fraction of sp³-hybridized carbons (Fsp3) is 0.304. The van der Waals surface area contributed by atoms with Gasteiger partial charge in [0, 0.05) is 35.9 Å². The molecule has 0 unspecified atom stereocenters. The molecule has 3 heterocycles. The molecule has 3 amide bonds. The van der Waals surface area contributed by atoms with Gasteiger partial charge in [-0.1, -0.05) is 44.2 Å². The molecule has 2 aromatic heterocycles. The van der Waals surface area contributed by atoms with E-state index in [0.29, 0.717) is 23.8 Å². The first kappa shape index (κ1) is 23.4. The van der Waals surface area contributed by atoms with Gasteiger partial charge in [-0.2, -0.15) is 0 Å². The van der Waals surface area contributed by atoms with Crippen LogP contribution in [0.3, 0.4) is 0 Å². The monoisotopic (exact) mass is 479 g/mol. The van der Waals surface area contributed by atoms with Gasteiger partial charge in [0.1, 0.15) is 18.2 Å². The molecule has 1 aromatic carbocycles. The summed E-state index contributed by atoms with van der Waals surface area (Å²) in [4.78, 5) is 48.5. The van der Waals surface area contributed by atoms with Gasteiger partial charge in [-0.05, 0) is 5.56 Å². The Morgan fingerprint density at radius 1 is 1.21 bits per heavy atom. The number of amides is 3. The molecule has 0 saturated heterocycles. The van der Waals surface area contributed by atoms with Crippen molar-refractivity contribution >= 4 is 41.0 Å². The zero-order valence-corrected chi connectivity index (χ0v) is 19.9. The molecule has 0 radical (unpaired) electrons. The van der Waals surface area contributed by atoms with Crippen molar-refractivity contribution in [2.24, 2.45) is 5.92 Å². The number of nitrogens with one attached hydrogen (secondary N) is 2. The molecule has 3 aromatic rings. The van der Waals surface area contributed by atoms with Crippen LogP contribution in [0.5, 0.6) is 0 Å². The van der Waals surface area contributed by atoms with Crippen molar-refractivity contribution in [3.8, 4) is 0 Å². The maximum Gasteiger partial charge on any atom is 0.291 e. The highest BCUT2D eigenvalue weighted by atomic mass is 32.2. The highest BCUT2D eigenvalue weighted by Crippen LogP contribution is 2.34. The minimum absolute atomic E-state index is 0.00139. The van der Waals surface area contributed by atoms with Crippen molar-refractivity contribution in [2.45, 2.75) is 31.3 Å². The topological polar surface area (TPSA) is 122 Å². The van der Waals surface area contributed by atoms with Crippen molar-refractivity contribution in [3.05, 3.63) is 60.3 Å². The van der Waals surface area contributed by atoms with Crippen LogP contribution in [0.25, 0.3) is 0 Å². The van der Waals surface area contributed by atoms with Crippen molar-refractivity contribution in [1.29, 1.82) is 0 Å². The molecule has 1 aliphatic heterocycles. The zero-order chi connectivity index (χ0) is 24.2. The number of rotatable bonds is 6. The van der Waals surface area contributed by atoms with E-state index in [1.165, 1.54) is 23.0 Å². The van der Waals surface area contributed by atoms with Crippen LogP contribution in [0.15, 0.2) is 53.8 Å². The van der Waals surface area contributed by atoms with Crippen LogP contribution in [0.4, 0.5) is 11.5 Å². The van der Waals surface area contributed by atoms with Gasteiger partial charge in [0.2, 0.25) is 17.6 Å². The molecular formula is C23H25N7O3S. The fourth-order valence-electron chi connectivity index (χ4n) is 3.31. The normalized spacial score (nSPS) is 15.6. The number of carbonyl (C=O) groups excluding carboxylic acids is 3. The second kappa shape index (κ2) is 10.0. The average Bonchev–Trinajstić information content (AvgIpc) is 3.26. The van der Waals surface area contributed by atoms with Gasteiger partial charge in [-0.25, -0.2) is 14.6 Å². The minimum Gasteiger partial charge on any atom is -0.337 e. The Bertz CT molecular complexity index is 1210. The Morgan fingerprint density at radius 2 is 1.97 bits per heavy atom. The largest absolute Gasteiger partial charge is 0.337 e. The predicted molar refractivity (Wildman–Crippen MR) is 129 cm³/mol. The third-order valence-electron chi connectivity index (χ3n) is 5.25. The van der Waals surface area contributed by atoms with Gasteiger partial charge in [0.25, 0.3) is 5.91 Å². The maximum atomic E-state index is 13.1. The molecule has 0 bridgehead atoms. The van der Waals surface area contributed by atoms with Crippen LogP contribution in [0, 0.1) is 5.92 Å². The van der Waals surface area contributed by atoms with Crippen molar-refractivity contribution in [3.63, 3.8) is 0 Å². The second-order valence-electron chi connectivity index (χ2n) is 8.17. The summed E-state index contributed by atoms with van der Waals surface area (Å²) in [7, 11) is 1.63. The third kappa shape index (κ3) is 5.25. The van der Waals surface area contributed by atoms with Gasteiger partial charge >= 0.3 is 0 Å². The minimum atomic E-state index is -0.773. The van der Waals surface area contributed by atoms with E-state index in [-0.39, 0.29) is 23.6 Å². The highest BCUT2D eigenvalue weighted by molar-refractivity contribution is 7.99. The Kier molecular flexibility index (Phi) is 6.92. The highest BCUT2D eigenvalue weighted by Gasteiger charge is 2.31. The predicted octanol–water partition coefficient (Wildman–Crippen LogP) is 2.18. The van der Waals surface area contributed by atoms with Crippen LogP contribution in [0.1, 0.15) is 30.0 Å². The van der Waals surface area contributed by atoms with Gasteiger partial charge < -0.3 is 15.5 Å². The van der Waals surface area contributed by atoms with Gasteiger partial charge in [0.05, 0.1) is 12.2 Å². The van der Waals surface area contributed by atoms with E-state index < -0.39 is 11.9 Å². The zero-order valence-electron chi connectivity index (χ0n) is 19.1. The Hall–Kier alpha value is -3.73. The number of fused-ring (bicyclic) bond motifs is 1. The number of nitrogens with zero attached hydrogens (tertiary/aromatic N) is 5. The average molecular weight is 480 g/mol. The summed E-state index contributed by atoms with van der Waals surface area (Å²) in [6.45, 7) is 4.06. The molecule has 1 aliphatic rings. The number of anilines is 2. The molecule has 0 aliphatic carbocycles. The van der Waals surface area contributed by atoms with E-state index in [2.05, 4.69) is 25.7 Å². The summed E-state index contributed by atoms with van der Waals surface area (Å²) in [5, 5.41) is 9.74. The number of hydrogen-bond donors (Lipinski definition) is 2. The number of likely N-dealkylation sites (N-methyl/N-ethyl adjacent to an activating group) is 1. The lowest BCUT2D eigenvalue weighted by Crippen LogP contribution is -2.48. The molecule has 34 heavy (non-hydrogen) atoms. The number of benzene rings is 1. The number of hydrogen-bond acceptors (Lipinski definition) is 7. The molecule has 0 saturated carbocycles. The molecular weight excluding hydrogens is 454 g/mol. The quantitative estimate of drug-likeness (QED) is 0.556. The molecule has 4 rings (SSSR count). The summed E-state index contributed by atoms with van der Waals surface area (Å²) in [6.07, 6.45) is 3.11. The summed E-state index contributed by atoms with van der Waals surface area (Å²) >= 11 is 1.40. The van der Waals surface area contributed by atoms with Crippen molar-refractivity contribution in [1.82, 2.24) is 25.1 Å². The lowest BCUT2D eigenvalue weighted by atomic mass is 10.2. The summed E-state index contributed by atoms with van der Waals surface area (Å²) < 4.78 is 1.58. The Morgan fingerprint density at radius 3 is 2.71 bits per heavy atom. The third-order valence-corrected chi connectivity index (χ3v) is 6.38. The Labute approximate surface area is 201 Å². The van der Waals surface area contributed by atoms with E-state index in [4.69, 9.17) is 0 Å². The van der Waals surface area contributed by atoms with E-state index >= 15 is 0 Å². The molecule has 2 N–H and O–H groups in total. The number of carbonyl (C=O) groups is 3. The van der Waals surface area contributed by atoms with Crippen LogP contribution in [-0.2, 0) is 16.1 Å². The molecule has 0 fully saturated rings. The maximum absolute atomic E-state index is 13.1. The smallest absolute Gasteiger partial charge is 0.291 e. The SMILES string of the molecule is CC(C)C(=O)Nc1cc2c(cn1)SC[C@H](NC(=O)c1ncn(Cc3ccccc3)n1)C(=O)N2C. The number of thioether (sulfide) groups is 1. The number of aromatic nitrogens is 4. The van der Waals surface area contributed by atoms with Crippen LogP contribution in [-0.4, -0.2) is 56.3 Å². The standard InChI is InChI=1S/C23H25N7O3S/c1-14(2)21(31)27-19-9-17-18(10-24-19)34-12-16(23(33)29(17)3)26-22(32)20-25-13-30(28-20)11-15-7-5-4-6-8-15/h4-10,13-14,16H,11-12H2,1-3H3,(H,26,32)(H,24,27,31)/t16-/m0/s1. The van der Waals surface area contributed by atoms with Gasteiger partial charge in [0.15, 0.2) is 0 Å². The molecule has 11 heteroatoms. The summed E-state index contributed by atoms with van der Waals surface area (Å²) in [5.74, 6) is -0.465. The van der Waals surface area contributed by atoms with Crippen molar-refractivity contribution < 1.29 is 14.4 Å². The van der Waals surface area contributed by atoms with Gasteiger partial charge in [-0.15, -0.1) is 16.9 Å². The van der Waals surface area contributed by atoms with Crippen LogP contribution in [0.2, 0.25) is 0 Å².